The van der Waals surface area contributed by atoms with Crippen molar-refractivity contribution in [1.82, 2.24) is 0 Å². The van der Waals surface area contributed by atoms with E-state index in [-0.39, 0.29) is 10.6 Å². The zero-order chi connectivity index (χ0) is 11.6. The van der Waals surface area contributed by atoms with Crippen LogP contribution in [0.15, 0.2) is 6.07 Å². The van der Waals surface area contributed by atoms with Crippen LogP contribution in [-0.4, -0.2) is 11.1 Å². The monoisotopic (exact) mass is 250 g/mol. The third-order valence-electron chi connectivity index (χ3n) is 2.02. The fraction of sp³-hybridized carbons (Fsp3) is 0.300. The van der Waals surface area contributed by atoms with Crippen LogP contribution in [0, 0.1) is 5.82 Å². The SMILES string of the molecule is CCc1c(Cl)cc(CC(=O)O)c(F)c1Cl. The Morgan fingerprint density at radius 3 is 2.60 bits per heavy atom. The van der Waals surface area contributed by atoms with Crippen LogP contribution in [0.1, 0.15) is 18.1 Å². The third kappa shape index (κ3) is 2.61. The first-order valence-electron chi connectivity index (χ1n) is 4.34. The van der Waals surface area contributed by atoms with Gasteiger partial charge in [0.25, 0.3) is 0 Å². The number of rotatable bonds is 3. The van der Waals surface area contributed by atoms with Gasteiger partial charge in [-0.05, 0) is 18.1 Å². The number of hydrogen-bond donors (Lipinski definition) is 1. The van der Waals surface area contributed by atoms with Gasteiger partial charge in [0.15, 0.2) is 0 Å². The van der Waals surface area contributed by atoms with Gasteiger partial charge in [0, 0.05) is 10.6 Å². The molecule has 0 radical (unpaired) electrons. The molecule has 0 heterocycles. The molecule has 82 valence electrons. The molecule has 0 spiro atoms. The highest BCUT2D eigenvalue weighted by molar-refractivity contribution is 6.36. The van der Waals surface area contributed by atoms with Crippen molar-refractivity contribution in [2.24, 2.45) is 0 Å². The van der Waals surface area contributed by atoms with Crippen molar-refractivity contribution in [2.45, 2.75) is 19.8 Å². The van der Waals surface area contributed by atoms with Crippen LogP contribution < -0.4 is 0 Å². The lowest BCUT2D eigenvalue weighted by atomic mass is 10.1. The lowest BCUT2D eigenvalue weighted by Gasteiger charge is -2.09. The summed E-state index contributed by atoms with van der Waals surface area (Å²) in [6.45, 7) is 1.80. The predicted octanol–water partition coefficient (Wildman–Crippen LogP) is 3.32. The molecule has 1 aromatic carbocycles. The van der Waals surface area contributed by atoms with Crippen molar-refractivity contribution in [1.29, 1.82) is 0 Å². The molecule has 0 saturated carbocycles. The van der Waals surface area contributed by atoms with Crippen LogP contribution in [-0.2, 0) is 17.6 Å². The van der Waals surface area contributed by atoms with Crippen molar-refractivity contribution in [2.75, 3.05) is 0 Å². The molecular weight excluding hydrogens is 242 g/mol. The van der Waals surface area contributed by atoms with E-state index in [0.29, 0.717) is 17.0 Å². The summed E-state index contributed by atoms with van der Waals surface area (Å²) < 4.78 is 13.5. The van der Waals surface area contributed by atoms with E-state index in [4.69, 9.17) is 28.3 Å². The number of carboxylic acid groups (broad SMARTS) is 1. The van der Waals surface area contributed by atoms with Crippen LogP contribution in [0.5, 0.6) is 0 Å². The predicted molar refractivity (Wildman–Crippen MR) is 57.1 cm³/mol. The second-order valence-corrected chi connectivity index (χ2v) is 3.83. The van der Waals surface area contributed by atoms with Gasteiger partial charge in [-0.15, -0.1) is 0 Å². The molecule has 0 fully saturated rings. The molecule has 0 aliphatic rings. The van der Waals surface area contributed by atoms with E-state index in [0.717, 1.165) is 0 Å². The van der Waals surface area contributed by atoms with Crippen LogP contribution in [0.4, 0.5) is 4.39 Å². The van der Waals surface area contributed by atoms with E-state index in [9.17, 15) is 9.18 Å². The summed E-state index contributed by atoms with van der Waals surface area (Å²) in [5, 5.41) is 8.77. The molecule has 0 atom stereocenters. The van der Waals surface area contributed by atoms with Crippen LogP contribution in [0.3, 0.4) is 0 Å². The van der Waals surface area contributed by atoms with E-state index >= 15 is 0 Å². The number of benzene rings is 1. The minimum Gasteiger partial charge on any atom is -0.481 e. The Kier molecular flexibility index (Phi) is 3.94. The summed E-state index contributed by atoms with van der Waals surface area (Å²) in [6.07, 6.45) is 0.0806. The van der Waals surface area contributed by atoms with Gasteiger partial charge in [0.05, 0.1) is 11.4 Å². The molecule has 1 rings (SSSR count). The summed E-state index contributed by atoms with van der Waals surface area (Å²) in [5.41, 5.74) is 0.514. The summed E-state index contributed by atoms with van der Waals surface area (Å²) in [7, 11) is 0. The molecule has 1 aromatic rings. The van der Waals surface area contributed by atoms with Gasteiger partial charge in [-0.25, -0.2) is 4.39 Å². The second-order valence-electron chi connectivity index (χ2n) is 3.05. The van der Waals surface area contributed by atoms with Crippen LogP contribution in [0.2, 0.25) is 10.0 Å². The lowest BCUT2D eigenvalue weighted by molar-refractivity contribution is -0.136. The molecule has 0 aliphatic carbocycles. The maximum atomic E-state index is 13.5. The fourth-order valence-electron chi connectivity index (χ4n) is 1.30. The summed E-state index contributed by atoms with van der Waals surface area (Å²) in [5.74, 6) is -1.81. The largest absolute Gasteiger partial charge is 0.481 e. The summed E-state index contributed by atoms with van der Waals surface area (Å²) >= 11 is 11.6. The minimum atomic E-state index is -1.12. The summed E-state index contributed by atoms with van der Waals surface area (Å²) in [4.78, 5) is 10.4. The van der Waals surface area contributed by atoms with Crippen molar-refractivity contribution in [3.05, 3.63) is 33.1 Å². The first kappa shape index (κ1) is 12.3. The normalized spacial score (nSPS) is 10.4. The molecule has 1 N–H and O–H groups in total. The molecule has 15 heavy (non-hydrogen) atoms. The van der Waals surface area contributed by atoms with Crippen LogP contribution >= 0.6 is 23.2 Å². The van der Waals surface area contributed by atoms with Crippen molar-refractivity contribution in [3.8, 4) is 0 Å². The van der Waals surface area contributed by atoms with Crippen molar-refractivity contribution >= 4 is 29.2 Å². The lowest BCUT2D eigenvalue weighted by Crippen LogP contribution is -2.04. The third-order valence-corrected chi connectivity index (χ3v) is 2.76. The van der Waals surface area contributed by atoms with Crippen molar-refractivity contribution < 1.29 is 14.3 Å². The highest BCUT2D eigenvalue weighted by Gasteiger charge is 2.16. The Labute approximate surface area is 96.6 Å². The highest BCUT2D eigenvalue weighted by atomic mass is 35.5. The maximum Gasteiger partial charge on any atom is 0.307 e. The molecule has 0 aliphatic heterocycles. The first-order chi connectivity index (χ1) is 6.97. The topological polar surface area (TPSA) is 37.3 Å². The molecule has 5 heteroatoms. The summed E-state index contributed by atoms with van der Waals surface area (Å²) in [6, 6.07) is 1.32. The van der Waals surface area contributed by atoms with Gasteiger partial charge in [-0.1, -0.05) is 30.1 Å². The number of carboxylic acids is 1. The first-order valence-corrected chi connectivity index (χ1v) is 5.10. The molecule has 2 nitrogen and oxygen atoms in total. The Balaban J connectivity index is 3.27. The quantitative estimate of drug-likeness (QED) is 0.836. The molecule has 0 saturated heterocycles. The van der Waals surface area contributed by atoms with Gasteiger partial charge in [0.2, 0.25) is 0 Å². The van der Waals surface area contributed by atoms with Gasteiger partial charge < -0.3 is 5.11 Å². The van der Waals surface area contributed by atoms with Crippen molar-refractivity contribution in [3.63, 3.8) is 0 Å². The minimum absolute atomic E-state index is 0.00898. The molecule has 0 bridgehead atoms. The molecule has 0 amide bonds. The zero-order valence-corrected chi connectivity index (χ0v) is 9.49. The number of aliphatic carboxylic acids is 1. The van der Waals surface area contributed by atoms with Crippen LogP contribution in [0.25, 0.3) is 0 Å². The Morgan fingerprint density at radius 2 is 2.13 bits per heavy atom. The Hall–Kier alpha value is -0.800. The van der Waals surface area contributed by atoms with E-state index in [1.807, 2.05) is 0 Å². The highest BCUT2D eigenvalue weighted by Crippen LogP contribution is 2.30. The average molecular weight is 251 g/mol. The standard InChI is InChI=1S/C10H9Cl2FO2/c1-2-6-7(11)3-5(4-8(14)15)10(13)9(6)12/h3H,2,4H2,1H3,(H,14,15). The number of halogens is 3. The van der Waals surface area contributed by atoms with E-state index in [1.165, 1.54) is 6.07 Å². The molecule has 0 unspecified atom stereocenters. The molecule has 0 aromatic heterocycles. The van der Waals surface area contributed by atoms with Gasteiger partial charge in [-0.2, -0.15) is 0 Å². The second kappa shape index (κ2) is 4.81. The van der Waals surface area contributed by atoms with E-state index < -0.39 is 18.2 Å². The number of hydrogen-bond acceptors (Lipinski definition) is 1. The van der Waals surface area contributed by atoms with Gasteiger partial charge >= 0.3 is 5.97 Å². The van der Waals surface area contributed by atoms with E-state index in [1.54, 1.807) is 6.92 Å². The molecular formula is C10H9Cl2FO2. The zero-order valence-electron chi connectivity index (χ0n) is 7.98. The maximum absolute atomic E-state index is 13.5. The Bertz CT molecular complexity index is 405. The fourth-order valence-corrected chi connectivity index (χ4v) is 2.06. The van der Waals surface area contributed by atoms with Gasteiger partial charge in [0.1, 0.15) is 5.82 Å². The Morgan fingerprint density at radius 1 is 1.53 bits per heavy atom. The van der Waals surface area contributed by atoms with Gasteiger partial charge in [-0.3, -0.25) is 4.79 Å². The average Bonchev–Trinajstić information content (AvgIpc) is 2.14. The van der Waals surface area contributed by atoms with E-state index in [2.05, 4.69) is 0 Å². The number of carbonyl (C=O) groups is 1. The smallest absolute Gasteiger partial charge is 0.307 e.